The molecule has 0 amide bonds. The third kappa shape index (κ3) is 4.25. The van der Waals surface area contributed by atoms with Crippen LogP contribution in [0.3, 0.4) is 0 Å². The molecule has 3 rings (SSSR count). The molecule has 1 unspecified atom stereocenters. The van der Waals surface area contributed by atoms with E-state index in [0.29, 0.717) is 0 Å². The molecular weight excluding hydrogens is 280 g/mol. The van der Waals surface area contributed by atoms with E-state index in [1.807, 2.05) is 0 Å². The van der Waals surface area contributed by atoms with Gasteiger partial charge in [0.05, 0.1) is 5.69 Å². The van der Waals surface area contributed by atoms with Crippen molar-refractivity contribution in [3.63, 3.8) is 0 Å². The number of hydrogen-bond donors (Lipinski definition) is 1. The number of hydrogen-bond acceptors (Lipinski definition) is 5. The molecule has 1 N–H and O–H groups in total. The summed E-state index contributed by atoms with van der Waals surface area (Å²) in [6.07, 6.45) is 2.77. The summed E-state index contributed by atoms with van der Waals surface area (Å²) in [6.45, 7) is 13.5. The number of piperazine rings is 1. The molecule has 2 saturated heterocycles. The molecule has 21 heavy (non-hydrogen) atoms. The molecule has 0 aliphatic carbocycles. The molecule has 4 nitrogen and oxygen atoms in total. The van der Waals surface area contributed by atoms with Gasteiger partial charge in [0.25, 0.3) is 0 Å². The Hall–Kier alpha value is -0.490. The zero-order valence-corrected chi connectivity index (χ0v) is 14.4. The van der Waals surface area contributed by atoms with Gasteiger partial charge < -0.3 is 5.32 Å². The Kier molecular flexibility index (Phi) is 4.64. The van der Waals surface area contributed by atoms with Gasteiger partial charge in [0.2, 0.25) is 0 Å². The van der Waals surface area contributed by atoms with Crippen molar-refractivity contribution in [2.24, 2.45) is 0 Å². The van der Waals surface area contributed by atoms with Crippen LogP contribution in [0.4, 0.5) is 0 Å². The highest BCUT2D eigenvalue weighted by atomic mass is 32.1. The second-order valence-corrected chi connectivity index (χ2v) is 8.35. The molecule has 0 spiro atoms. The lowest BCUT2D eigenvalue weighted by molar-refractivity contribution is 0.0985. The van der Waals surface area contributed by atoms with E-state index >= 15 is 0 Å². The van der Waals surface area contributed by atoms with Crippen molar-refractivity contribution in [1.82, 2.24) is 20.1 Å². The zero-order valence-electron chi connectivity index (χ0n) is 13.6. The molecule has 2 aliphatic heterocycles. The highest BCUT2D eigenvalue weighted by molar-refractivity contribution is 7.09. The molecule has 3 heterocycles. The third-order valence-electron chi connectivity index (χ3n) is 4.43. The van der Waals surface area contributed by atoms with Crippen molar-refractivity contribution >= 4 is 11.3 Å². The summed E-state index contributed by atoms with van der Waals surface area (Å²) in [5.74, 6) is 0. The smallest absolute Gasteiger partial charge is 0.107 e. The normalized spacial score (nSPS) is 24.4. The summed E-state index contributed by atoms with van der Waals surface area (Å²) in [6, 6.07) is 0.805. The number of thiazole rings is 1. The second-order valence-electron chi connectivity index (χ2n) is 7.40. The minimum atomic E-state index is 0.157. The maximum Gasteiger partial charge on any atom is 0.107 e. The van der Waals surface area contributed by atoms with Crippen LogP contribution in [0, 0.1) is 0 Å². The third-order valence-corrected chi connectivity index (χ3v) is 5.32. The topological polar surface area (TPSA) is 31.4 Å². The fourth-order valence-corrected chi connectivity index (χ4v) is 4.00. The standard InChI is InChI=1S/C16H28N4S/c1-16(2,3)17-9-15-18-13(12-21-15)10-19-7-8-20-6-4-5-14(20)11-19/h12,14,17H,4-11H2,1-3H3. The van der Waals surface area contributed by atoms with E-state index in [1.165, 1.54) is 49.7 Å². The molecule has 2 aliphatic rings. The molecule has 1 aromatic rings. The van der Waals surface area contributed by atoms with Gasteiger partial charge in [-0.05, 0) is 40.2 Å². The number of nitrogens with one attached hydrogen (secondary N) is 1. The van der Waals surface area contributed by atoms with Crippen molar-refractivity contribution in [1.29, 1.82) is 0 Å². The van der Waals surface area contributed by atoms with Crippen molar-refractivity contribution < 1.29 is 0 Å². The van der Waals surface area contributed by atoms with Crippen LogP contribution < -0.4 is 5.32 Å². The molecule has 2 fully saturated rings. The Labute approximate surface area is 132 Å². The van der Waals surface area contributed by atoms with Crippen molar-refractivity contribution in [3.8, 4) is 0 Å². The van der Waals surface area contributed by atoms with Gasteiger partial charge in [-0.2, -0.15) is 0 Å². The lowest BCUT2D eigenvalue weighted by atomic mass is 10.1. The maximum absolute atomic E-state index is 4.79. The van der Waals surface area contributed by atoms with Gasteiger partial charge in [-0.15, -0.1) is 11.3 Å². The predicted molar refractivity (Wildman–Crippen MR) is 88.6 cm³/mol. The van der Waals surface area contributed by atoms with Gasteiger partial charge in [0, 0.05) is 49.7 Å². The number of rotatable bonds is 4. The first-order valence-corrected chi connectivity index (χ1v) is 9.02. The average molecular weight is 308 g/mol. The van der Waals surface area contributed by atoms with Crippen molar-refractivity contribution in [2.75, 3.05) is 26.2 Å². The molecule has 1 aromatic heterocycles. The zero-order chi connectivity index (χ0) is 14.9. The molecule has 0 radical (unpaired) electrons. The maximum atomic E-state index is 4.79. The minimum absolute atomic E-state index is 0.157. The van der Waals surface area contributed by atoms with E-state index in [0.717, 1.165) is 19.1 Å². The van der Waals surface area contributed by atoms with Gasteiger partial charge in [0.15, 0.2) is 0 Å². The average Bonchev–Trinajstić information content (AvgIpc) is 3.04. The van der Waals surface area contributed by atoms with Crippen LogP contribution in [0.1, 0.15) is 44.3 Å². The SMILES string of the molecule is CC(C)(C)NCc1nc(CN2CCN3CCCC3C2)cs1. The van der Waals surface area contributed by atoms with Crippen molar-refractivity contribution in [2.45, 2.75) is 58.3 Å². The molecule has 0 saturated carbocycles. The quantitative estimate of drug-likeness (QED) is 0.925. The molecule has 5 heteroatoms. The lowest BCUT2D eigenvalue weighted by Crippen LogP contribution is -2.49. The monoisotopic (exact) mass is 308 g/mol. The van der Waals surface area contributed by atoms with Gasteiger partial charge in [0.1, 0.15) is 5.01 Å². The van der Waals surface area contributed by atoms with Gasteiger partial charge in [-0.1, -0.05) is 0 Å². The van der Waals surface area contributed by atoms with Crippen LogP contribution in [-0.4, -0.2) is 52.5 Å². The summed E-state index contributed by atoms with van der Waals surface area (Å²) in [5, 5.41) is 6.96. The van der Waals surface area contributed by atoms with Crippen LogP contribution in [0.2, 0.25) is 0 Å². The van der Waals surface area contributed by atoms with Gasteiger partial charge in [-0.3, -0.25) is 9.80 Å². The largest absolute Gasteiger partial charge is 0.306 e. The van der Waals surface area contributed by atoms with E-state index in [1.54, 1.807) is 11.3 Å². The number of nitrogens with zero attached hydrogens (tertiary/aromatic N) is 3. The Bertz CT molecular complexity index is 465. The molecule has 0 aromatic carbocycles. The van der Waals surface area contributed by atoms with E-state index in [-0.39, 0.29) is 5.54 Å². The van der Waals surface area contributed by atoms with Crippen LogP contribution in [0.15, 0.2) is 5.38 Å². The minimum Gasteiger partial charge on any atom is -0.306 e. The van der Waals surface area contributed by atoms with Gasteiger partial charge >= 0.3 is 0 Å². The second kappa shape index (κ2) is 6.32. The fourth-order valence-electron chi connectivity index (χ4n) is 3.27. The van der Waals surface area contributed by atoms with Crippen molar-refractivity contribution in [3.05, 3.63) is 16.1 Å². The molecule has 0 bridgehead atoms. The van der Waals surface area contributed by atoms with Gasteiger partial charge in [-0.25, -0.2) is 4.98 Å². The Balaban J connectivity index is 1.50. The summed E-state index contributed by atoms with van der Waals surface area (Å²) in [5.41, 5.74) is 1.40. The first kappa shape index (κ1) is 15.4. The number of aromatic nitrogens is 1. The predicted octanol–water partition coefficient (Wildman–Crippen LogP) is 2.31. The van der Waals surface area contributed by atoms with Crippen LogP contribution >= 0.6 is 11.3 Å². The first-order chi connectivity index (χ1) is 9.99. The fraction of sp³-hybridized carbons (Fsp3) is 0.812. The molecule has 118 valence electrons. The van der Waals surface area contributed by atoms with E-state index in [4.69, 9.17) is 4.98 Å². The summed E-state index contributed by atoms with van der Waals surface area (Å²) >= 11 is 1.79. The highest BCUT2D eigenvalue weighted by Gasteiger charge is 2.30. The van der Waals surface area contributed by atoms with Crippen LogP contribution in [-0.2, 0) is 13.1 Å². The highest BCUT2D eigenvalue weighted by Crippen LogP contribution is 2.23. The molecular formula is C16H28N4S. The number of fused-ring (bicyclic) bond motifs is 1. The van der Waals surface area contributed by atoms with Crippen LogP contribution in [0.5, 0.6) is 0 Å². The Morgan fingerprint density at radius 1 is 1.33 bits per heavy atom. The van der Waals surface area contributed by atoms with Crippen LogP contribution in [0.25, 0.3) is 0 Å². The Morgan fingerprint density at radius 2 is 2.19 bits per heavy atom. The summed E-state index contributed by atoms with van der Waals surface area (Å²) in [7, 11) is 0. The first-order valence-electron chi connectivity index (χ1n) is 8.14. The lowest BCUT2D eigenvalue weighted by Gasteiger charge is -2.37. The van der Waals surface area contributed by atoms with E-state index in [9.17, 15) is 0 Å². The Morgan fingerprint density at radius 3 is 3.00 bits per heavy atom. The molecule has 1 atom stereocenters. The van der Waals surface area contributed by atoms with E-state index in [2.05, 4.69) is 41.3 Å². The summed E-state index contributed by atoms with van der Waals surface area (Å²) in [4.78, 5) is 10.0. The summed E-state index contributed by atoms with van der Waals surface area (Å²) < 4.78 is 0. The van der Waals surface area contributed by atoms with E-state index < -0.39 is 0 Å².